The molecule has 508 valence electrons. The van der Waals surface area contributed by atoms with Crippen LogP contribution < -0.4 is 5.32 Å². The lowest BCUT2D eigenvalue weighted by molar-refractivity contribution is -0.870. The summed E-state index contributed by atoms with van der Waals surface area (Å²) in [4.78, 5) is 37.9. The minimum absolute atomic E-state index is 0.0369. The molecule has 10 heteroatoms. The average Bonchev–Trinajstić information content (AvgIpc) is 3.70. The minimum atomic E-state index is -4.46. The maximum absolute atomic E-state index is 13.6. The first-order valence-corrected chi connectivity index (χ1v) is 38.8. The van der Waals surface area contributed by atoms with E-state index >= 15 is 0 Å². The number of carbonyl (C=O) groups excluding carboxylic acids is 2. The van der Waals surface area contributed by atoms with Gasteiger partial charge >= 0.3 is 13.8 Å². The zero-order chi connectivity index (χ0) is 63.5. The van der Waals surface area contributed by atoms with E-state index in [0.29, 0.717) is 17.4 Å². The van der Waals surface area contributed by atoms with Gasteiger partial charge in [0.1, 0.15) is 19.3 Å². The monoisotopic (exact) mass is 1240 g/mol. The second-order valence-electron chi connectivity index (χ2n) is 26.5. The summed E-state index contributed by atoms with van der Waals surface area (Å²) in [6, 6.07) is -0.857. The van der Waals surface area contributed by atoms with E-state index in [2.05, 4.69) is 86.8 Å². The third-order valence-electron chi connectivity index (χ3n) is 16.6. The number of nitrogens with one attached hydrogen (secondary N) is 1. The van der Waals surface area contributed by atoms with Crippen molar-refractivity contribution in [1.82, 2.24) is 5.32 Å². The molecule has 3 unspecified atom stereocenters. The standard InChI is InChI=1S/C77H143N2O7P/c1-7-10-13-16-19-22-25-27-29-31-33-35-37-38-39-40-42-44-46-48-50-52-55-58-61-64-67-70-77(81)86-75(68-65-62-59-56-53-24-21-18-15-12-9-3)74(73-85-87(82,83)84-72-71-79(4,5)6)78-76(80)69-66-63-60-57-54-51-49-47-45-43-41-36-34-32-30-28-26-23-20-17-14-11-8-2/h20,23,27-30,34,36,43,45,65,68,74-75H,7-19,21-22,24-26,31-33,35,37-42,44,46-64,66-67,69-73H2,1-6H3,(H-,78,80,82,83)/p+1/b23-20-,29-27+,30-28-,36-34-,45-43-,68-65+. The molecule has 0 spiro atoms. The molecule has 0 bridgehead atoms. The van der Waals surface area contributed by atoms with Crippen molar-refractivity contribution in [1.29, 1.82) is 0 Å². The van der Waals surface area contributed by atoms with Gasteiger partial charge in [0, 0.05) is 12.8 Å². The van der Waals surface area contributed by atoms with Crippen LogP contribution in [0.3, 0.4) is 0 Å². The minimum Gasteiger partial charge on any atom is -0.456 e. The van der Waals surface area contributed by atoms with Gasteiger partial charge in [-0.15, -0.1) is 0 Å². The summed E-state index contributed by atoms with van der Waals surface area (Å²) in [5.41, 5.74) is 0. The summed E-state index contributed by atoms with van der Waals surface area (Å²) in [7, 11) is 1.49. The predicted molar refractivity (Wildman–Crippen MR) is 378 cm³/mol. The van der Waals surface area contributed by atoms with Crippen LogP contribution in [-0.2, 0) is 27.9 Å². The van der Waals surface area contributed by atoms with E-state index in [9.17, 15) is 19.0 Å². The molecule has 0 aliphatic rings. The van der Waals surface area contributed by atoms with E-state index in [1.165, 1.54) is 231 Å². The number of amides is 1. The van der Waals surface area contributed by atoms with Crippen LogP contribution in [0.4, 0.5) is 0 Å². The summed E-state index contributed by atoms with van der Waals surface area (Å²) in [5, 5.41) is 3.07. The molecular weight excluding hydrogens is 1100 g/mol. The van der Waals surface area contributed by atoms with Crippen molar-refractivity contribution in [2.24, 2.45) is 0 Å². The molecule has 0 heterocycles. The number of nitrogens with zero attached hydrogens (tertiary/aromatic N) is 1. The Labute approximate surface area is 540 Å². The maximum atomic E-state index is 13.6. The number of phosphoric acid groups is 1. The highest BCUT2D eigenvalue weighted by Gasteiger charge is 2.30. The molecule has 87 heavy (non-hydrogen) atoms. The number of esters is 1. The molecule has 0 saturated heterocycles. The fourth-order valence-corrected chi connectivity index (χ4v) is 11.6. The Kier molecular flexibility index (Phi) is 64.4. The van der Waals surface area contributed by atoms with Gasteiger partial charge in [-0.1, -0.05) is 312 Å². The zero-order valence-electron chi connectivity index (χ0n) is 58.3. The molecule has 2 N–H and O–H groups in total. The fraction of sp³-hybridized carbons (Fsp3) is 0.818. The quantitative estimate of drug-likeness (QED) is 0.0205. The summed E-state index contributed by atoms with van der Waals surface area (Å²) in [6.45, 7) is 7.01. The largest absolute Gasteiger partial charge is 0.472 e. The van der Waals surface area contributed by atoms with Crippen molar-refractivity contribution in [3.8, 4) is 0 Å². The summed E-state index contributed by atoms with van der Waals surface area (Å²) in [5.74, 6) is -0.506. The van der Waals surface area contributed by atoms with Crippen LogP contribution in [0, 0.1) is 0 Å². The van der Waals surface area contributed by atoms with Gasteiger partial charge in [0.2, 0.25) is 5.91 Å². The molecule has 0 aliphatic carbocycles. The Balaban J connectivity index is 4.97. The molecule has 0 aromatic rings. The van der Waals surface area contributed by atoms with Crippen molar-refractivity contribution in [3.05, 3.63) is 72.9 Å². The fourth-order valence-electron chi connectivity index (χ4n) is 10.9. The Morgan fingerprint density at radius 2 is 0.701 bits per heavy atom. The SMILES string of the molecule is CCCCC/C=C\C/C=C\C/C=C\C/C=C\CCCCCCCCCC(=O)NC(COP(=O)(O)OCC[N+](C)(C)C)C(/C=C/CCCCCCCCCCC)OC(=O)CCCCCCCCCCCCCCCCCCC/C=C/CCCCCCCC. The van der Waals surface area contributed by atoms with Crippen LogP contribution in [0.1, 0.15) is 355 Å². The number of ether oxygens (including phenoxy) is 1. The molecule has 0 aliphatic heterocycles. The first-order valence-electron chi connectivity index (χ1n) is 37.3. The van der Waals surface area contributed by atoms with Crippen LogP contribution in [0.25, 0.3) is 0 Å². The second kappa shape index (κ2) is 66.4. The van der Waals surface area contributed by atoms with E-state index < -0.39 is 20.0 Å². The van der Waals surface area contributed by atoms with E-state index in [-0.39, 0.29) is 31.5 Å². The van der Waals surface area contributed by atoms with Gasteiger partial charge in [0.15, 0.2) is 0 Å². The van der Waals surface area contributed by atoms with Crippen LogP contribution in [0.2, 0.25) is 0 Å². The van der Waals surface area contributed by atoms with E-state index in [1.54, 1.807) is 0 Å². The Morgan fingerprint density at radius 1 is 0.402 bits per heavy atom. The Morgan fingerprint density at radius 3 is 1.08 bits per heavy atom. The second-order valence-corrected chi connectivity index (χ2v) is 27.9. The van der Waals surface area contributed by atoms with Crippen LogP contribution in [0.15, 0.2) is 72.9 Å². The van der Waals surface area contributed by atoms with Gasteiger partial charge in [0.25, 0.3) is 0 Å². The lowest BCUT2D eigenvalue weighted by Crippen LogP contribution is -2.47. The molecular formula is C77H144N2O7P+. The van der Waals surface area contributed by atoms with Crippen LogP contribution in [-0.4, -0.2) is 74.3 Å². The molecule has 0 aromatic heterocycles. The number of hydrogen-bond donors (Lipinski definition) is 2. The van der Waals surface area contributed by atoms with E-state index in [1.807, 2.05) is 33.3 Å². The number of phosphoric ester groups is 1. The Hall–Kier alpha value is -2.55. The van der Waals surface area contributed by atoms with Crippen LogP contribution in [0.5, 0.6) is 0 Å². The number of unbranched alkanes of at least 4 members (excludes halogenated alkanes) is 42. The number of hydrogen-bond acceptors (Lipinski definition) is 6. The average molecular weight is 1240 g/mol. The highest BCUT2D eigenvalue weighted by molar-refractivity contribution is 7.47. The zero-order valence-corrected chi connectivity index (χ0v) is 59.2. The number of carbonyl (C=O) groups is 2. The third kappa shape index (κ3) is 67.7. The van der Waals surface area contributed by atoms with E-state index in [4.69, 9.17) is 13.8 Å². The van der Waals surface area contributed by atoms with Gasteiger partial charge in [0.05, 0.1) is 33.8 Å². The molecule has 0 aromatic carbocycles. The molecule has 0 saturated carbocycles. The van der Waals surface area contributed by atoms with Gasteiger partial charge < -0.3 is 19.4 Å². The maximum Gasteiger partial charge on any atom is 0.472 e. The van der Waals surface area contributed by atoms with Gasteiger partial charge in [-0.25, -0.2) is 4.57 Å². The summed E-state index contributed by atoms with van der Waals surface area (Å²) < 4.78 is 30.8. The van der Waals surface area contributed by atoms with Crippen molar-refractivity contribution in [2.45, 2.75) is 367 Å². The van der Waals surface area contributed by atoms with Crippen molar-refractivity contribution < 1.29 is 37.3 Å². The van der Waals surface area contributed by atoms with Crippen molar-refractivity contribution in [2.75, 3.05) is 40.9 Å². The molecule has 0 rings (SSSR count). The normalized spacial score (nSPS) is 13.9. The lowest BCUT2D eigenvalue weighted by atomic mass is 10.0. The van der Waals surface area contributed by atoms with E-state index in [0.717, 1.165) is 89.9 Å². The van der Waals surface area contributed by atoms with Crippen LogP contribution >= 0.6 is 7.82 Å². The van der Waals surface area contributed by atoms with Gasteiger partial charge in [-0.05, 0) is 102 Å². The molecule has 3 atom stereocenters. The van der Waals surface area contributed by atoms with Gasteiger partial charge in [-0.3, -0.25) is 18.6 Å². The van der Waals surface area contributed by atoms with Crippen molar-refractivity contribution in [3.63, 3.8) is 0 Å². The smallest absolute Gasteiger partial charge is 0.456 e. The molecule has 9 nitrogen and oxygen atoms in total. The topological polar surface area (TPSA) is 111 Å². The highest BCUT2D eigenvalue weighted by atomic mass is 31.2. The number of allylic oxidation sites excluding steroid dienone is 11. The summed E-state index contributed by atoms with van der Waals surface area (Å²) in [6.07, 6.45) is 87.8. The summed E-state index contributed by atoms with van der Waals surface area (Å²) >= 11 is 0. The lowest BCUT2D eigenvalue weighted by Gasteiger charge is -2.27. The molecule has 1 amide bonds. The molecule has 0 radical (unpaired) electrons. The first-order chi connectivity index (χ1) is 42.4. The van der Waals surface area contributed by atoms with Gasteiger partial charge in [-0.2, -0.15) is 0 Å². The van der Waals surface area contributed by atoms with Crippen molar-refractivity contribution >= 4 is 19.7 Å². The predicted octanol–water partition coefficient (Wildman–Crippen LogP) is 23.9. The number of quaternary nitrogens is 1. The first kappa shape index (κ1) is 84.5. The number of likely N-dealkylation sites (N-methyl/N-ethyl adjacent to an activating group) is 1. The molecule has 0 fully saturated rings. The number of rotatable bonds is 68. The highest BCUT2D eigenvalue weighted by Crippen LogP contribution is 2.43. The third-order valence-corrected chi connectivity index (χ3v) is 17.6. The Bertz CT molecular complexity index is 1720.